The highest BCUT2D eigenvalue weighted by Gasteiger charge is 2.16. The van der Waals surface area contributed by atoms with Gasteiger partial charge in [-0.25, -0.2) is 0 Å². The first-order chi connectivity index (χ1) is 9.04. The molecule has 0 spiro atoms. The normalized spacial score (nSPS) is 12.5. The van der Waals surface area contributed by atoms with Gasteiger partial charge in [0.2, 0.25) is 0 Å². The van der Waals surface area contributed by atoms with E-state index in [1.165, 1.54) is 0 Å². The molecule has 19 heavy (non-hydrogen) atoms. The molecule has 0 radical (unpaired) electrons. The van der Waals surface area contributed by atoms with E-state index in [0.717, 1.165) is 33.7 Å². The minimum atomic E-state index is -0.509. The molecule has 1 unspecified atom stereocenters. The Morgan fingerprint density at radius 2 is 2.00 bits per heavy atom. The summed E-state index contributed by atoms with van der Waals surface area (Å²) in [4.78, 5) is 4.43. The smallest absolute Gasteiger partial charge is 0.128 e. The topological polar surface area (TPSA) is 42.4 Å². The molecular weight excluding hydrogens is 258 g/mol. The molecule has 1 atom stereocenters. The van der Waals surface area contributed by atoms with Crippen LogP contribution in [0.3, 0.4) is 0 Å². The van der Waals surface area contributed by atoms with E-state index in [1.807, 2.05) is 26.2 Å². The van der Waals surface area contributed by atoms with Crippen molar-refractivity contribution in [3.05, 3.63) is 44.9 Å². The summed E-state index contributed by atoms with van der Waals surface area (Å²) in [6, 6.07) is 0. The number of aliphatic hydroxyl groups is 1. The van der Waals surface area contributed by atoms with Gasteiger partial charge in [0, 0.05) is 29.4 Å². The van der Waals surface area contributed by atoms with Crippen LogP contribution in [0.1, 0.15) is 34.1 Å². The van der Waals surface area contributed by atoms with Gasteiger partial charge < -0.3 is 9.84 Å². The molecule has 0 saturated heterocycles. The number of aliphatic hydroxyl groups excluding tert-OH is 1. The van der Waals surface area contributed by atoms with Gasteiger partial charge in [-0.1, -0.05) is 0 Å². The number of hydrogen-bond donors (Lipinski definition) is 1. The molecule has 2 aromatic heterocycles. The van der Waals surface area contributed by atoms with Crippen molar-refractivity contribution in [3.8, 4) is 5.75 Å². The van der Waals surface area contributed by atoms with Gasteiger partial charge in [-0.2, -0.15) is 11.3 Å². The van der Waals surface area contributed by atoms with Crippen LogP contribution in [-0.2, 0) is 6.42 Å². The molecule has 0 aliphatic heterocycles. The molecule has 0 aliphatic rings. The Balaban J connectivity index is 2.27. The summed E-state index contributed by atoms with van der Waals surface area (Å²) < 4.78 is 5.39. The zero-order valence-electron chi connectivity index (χ0n) is 11.7. The number of thiophene rings is 1. The molecule has 1 N–H and O–H groups in total. The standard InChI is InChI=1S/C15H19NO2S/c1-9-6-16-13(11(3)15(9)18-4)5-14(17)12-8-19-7-10(12)2/h6-8,14,17H,5H2,1-4H3. The third-order valence-corrected chi connectivity index (χ3v) is 4.27. The number of nitrogens with zero attached hydrogens (tertiary/aromatic N) is 1. The van der Waals surface area contributed by atoms with E-state index in [0.29, 0.717) is 6.42 Å². The van der Waals surface area contributed by atoms with Crippen molar-refractivity contribution in [1.29, 1.82) is 0 Å². The lowest BCUT2D eigenvalue weighted by atomic mass is 10.0. The van der Waals surface area contributed by atoms with Gasteiger partial charge in [-0.15, -0.1) is 0 Å². The Morgan fingerprint density at radius 3 is 2.58 bits per heavy atom. The Kier molecular flexibility index (Phi) is 4.22. The van der Waals surface area contributed by atoms with Crippen molar-refractivity contribution < 1.29 is 9.84 Å². The van der Waals surface area contributed by atoms with Gasteiger partial charge in [0.15, 0.2) is 0 Å². The van der Waals surface area contributed by atoms with Gasteiger partial charge in [0.25, 0.3) is 0 Å². The second kappa shape index (κ2) is 5.72. The van der Waals surface area contributed by atoms with E-state index >= 15 is 0 Å². The third kappa shape index (κ3) is 2.80. The van der Waals surface area contributed by atoms with Gasteiger partial charge >= 0.3 is 0 Å². The Hall–Kier alpha value is -1.39. The fourth-order valence-corrected chi connectivity index (χ4v) is 3.18. The number of hydrogen-bond acceptors (Lipinski definition) is 4. The van der Waals surface area contributed by atoms with Crippen molar-refractivity contribution in [3.63, 3.8) is 0 Å². The van der Waals surface area contributed by atoms with Crippen LogP contribution in [0.15, 0.2) is 17.0 Å². The Bertz CT molecular complexity index is 578. The second-order valence-electron chi connectivity index (χ2n) is 4.78. The molecule has 0 bridgehead atoms. The first kappa shape index (κ1) is 14.0. The molecule has 0 aliphatic carbocycles. The summed E-state index contributed by atoms with van der Waals surface area (Å²) >= 11 is 1.61. The molecule has 2 heterocycles. The van der Waals surface area contributed by atoms with Gasteiger partial charge in [0.05, 0.1) is 13.2 Å². The van der Waals surface area contributed by atoms with E-state index in [4.69, 9.17) is 4.74 Å². The van der Waals surface area contributed by atoms with Crippen molar-refractivity contribution in [2.75, 3.05) is 7.11 Å². The van der Waals surface area contributed by atoms with Crippen molar-refractivity contribution >= 4 is 11.3 Å². The minimum absolute atomic E-state index is 0.509. The molecule has 0 amide bonds. The van der Waals surface area contributed by atoms with Crippen LogP contribution in [0, 0.1) is 20.8 Å². The van der Waals surface area contributed by atoms with Gasteiger partial charge in [-0.3, -0.25) is 4.98 Å². The number of pyridine rings is 1. The van der Waals surface area contributed by atoms with Crippen LogP contribution in [0.2, 0.25) is 0 Å². The highest BCUT2D eigenvalue weighted by atomic mass is 32.1. The molecule has 0 saturated carbocycles. The largest absolute Gasteiger partial charge is 0.496 e. The number of rotatable bonds is 4. The summed E-state index contributed by atoms with van der Waals surface area (Å²) in [5.41, 5.74) is 5.04. The lowest BCUT2D eigenvalue weighted by Crippen LogP contribution is -2.07. The Labute approximate surface area is 117 Å². The predicted octanol–water partition coefficient (Wildman–Crippen LogP) is 3.35. The zero-order chi connectivity index (χ0) is 14.0. The van der Waals surface area contributed by atoms with Crippen LogP contribution in [0.4, 0.5) is 0 Å². The Morgan fingerprint density at radius 1 is 1.26 bits per heavy atom. The SMILES string of the molecule is COc1c(C)cnc(CC(O)c2cscc2C)c1C. The van der Waals surface area contributed by atoms with E-state index in [-0.39, 0.29) is 0 Å². The average Bonchev–Trinajstić information content (AvgIpc) is 2.80. The minimum Gasteiger partial charge on any atom is -0.496 e. The maximum Gasteiger partial charge on any atom is 0.128 e. The zero-order valence-corrected chi connectivity index (χ0v) is 12.5. The van der Waals surface area contributed by atoms with Crippen molar-refractivity contribution in [2.24, 2.45) is 0 Å². The summed E-state index contributed by atoms with van der Waals surface area (Å²) in [5, 5.41) is 14.4. The van der Waals surface area contributed by atoms with E-state index in [9.17, 15) is 5.11 Å². The highest BCUT2D eigenvalue weighted by Crippen LogP contribution is 2.29. The van der Waals surface area contributed by atoms with Crippen LogP contribution < -0.4 is 4.74 Å². The summed E-state index contributed by atoms with van der Waals surface area (Å²) in [6.45, 7) is 5.98. The quantitative estimate of drug-likeness (QED) is 0.932. The molecule has 0 aromatic carbocycles. The third-order valence-electron chi connectivity index (χ3n) is 3.39. The van der Waals surface area contributed by atoms with E-state index < -0.39 is 6.10 Å². The average molecular weight is 277 g/mol. The number of aromatic nitrogens is 1. The van der Waals surface area contributed by atoms with Crippen LogP contribution >= 0.6 is 11.3 Å². The molecule has 102 valence electrons. The maximum absolute atomic E-state index is 10.3. The summed E-state index contributed by atoms with van der Waals surface area (Å²) in [7, 11) is 1.67. The fraction of sp³-hybridized carbons (Fsp3) is 0.400. The lowest BCUT2D eigenvalue weighted by Gasteiger charge is -2.15. The van der Waals surface area contributed by atoms with Gasteiger partial charge in [0.1, 0.15) is 5.75 Å². The molecule has 4 heteroatoms. The first-order valence-corrected chi connectivity index (χ1v) is 7.18. The summed E-state index contributed by atoms with van der Waals surface area (Å²) in [5.74, 6) is 0.860. The second-order valence-corrected chi connectivity index (χ2v) is 5.52. The number of aryl methyl sites for hydroxylation is 2. The predicted molar refractivity (Wildman–Crippen MR) is 78.0 cm³/mol. The molecule has 3 nitrogen and oxygen atoms in total. The van der Waals surface area contributed by atoms with Crippen molar-refractivity contribution in [1.82, 2.24) is 4.98 Å². The van der Waals surface area contributed by atoms with Crippen LogP contribution in [0.25, 0.3) is 0 Å². The molecule has 2 rings (SSSR count). The molecule has 2 aromatic rings. The maximum atomic E-state index is 10.3. The van der Waals surface area contributed by atoms with Crippen LogP contribution in [-0.4, -0.2) is 17.2 Å². The fourth-order valence-electron chi connectivity index (χ4n) is 2.28. The molecule has 0 fully saturated rings. The number of ether oxygens (including phenoxy) is 1. The summed E-state index contributed by atoms with van der Waals surface area (Å²) in [6.07, 6.45) is 1.80. The van der Waals surface area contributed by atoms with E-state index in [2.05, 4.69) is 10.4 Å². The van der Waals surface area contributed by atoms with E-state index in [1.54, 1.807) is 24.6 Å². The molecular formula is C15H19NO2S. The van der Waals surface area contributed by atoms with Crippen molar-refractivity contribution in [2.45, 2.75) is 33.3 Å². The first-order valence-electron chi connectivity index (χ1n) is 6.24. The lowest BCUT2D eigenvalue weighted by molar-refractivity contribution is 0.176. The van der Waals surface area contributed by atoms with Crippen LogP contribution in [0.5, 0.6) is 5.75 Å². The highest BCUT2D eigenvalue weighted by molar-refractivity contribution is 7.08. The number of methoxy groups -OCH3 is 1. The monoisotopic (exact) mass is 277 g/mol. The van der Waals surface area contributed by atoms with Gasteiger partial charge in [-0.05, 0) is 42.7 Å².